The van der Waals surface area contributed by atoms with Crippen molar-refractivity contribution in [1.82, 2.24) is 14.7 Å². The normalized spacial score (nSPS) is 15.9. The second kappa shape index (κ2) is 5.96. The molecule has 3 N–H and O–H groups in total. The van der Waals surface area contributed by atoms with E-state index in [4.69, 9.17) is 5.73 Å². The predicted molar refractivity (Wildman–Crippen MR) is 93.5 cm³/mol. The lowest BCUT2D eigenvalue weighted by atomic mass is 9.96. The van der Waals surface area contributed by atoms with Gasteiger partial charge in [-0.05, 0) is 51.3 Å². The lowest BCUT2D eigenvalue weighted by Crippen LogP contribution is -2.51. The number of nitrogens with two attached hydrogens (primary N) is 1. The molecule has 1 aromatic carbocycles. The first-order valence-corrected chi connectivity index (χ1v) is 8.33. The van der Waals surface area contributed by atoms with Crippen molar-refractivity contribution >= 4 is 11.8 Å². The van der Waals surface area contributed by atoms with Crippen LogP contribution in [0.15, 0.2) is 30.5 Å². The van der Waals surface area contributed by atoms with E-state index in [2.05, 4.69) is 5.10 Å². The summed E-state index contributed by atoms with van der Waals surface area (Å²) >= 11 is 0. The third-order valence-electron chi connectivity index (χ3n) is 4.66. The summed E-state index contributed by atoms with van der Waals surface area (Å²) in [6, 6.07) is 7.12. The highest BCUT2D eigenvalue weighted by Crippen LogP contribution is 2.53. The van der Waals surface area contributed by atoms with Gasteiger partial charge in [-0.2, -0.15) is 5.10 Å². The molecule has 1 aromatic heterocycles. The summed E-state index contributed by atoms with van der Waals surface area (Å²) in [7, 11) is 0. The average molecular weight is 364 g/mol. The van der Waals surface area contributed by atoms with Gasteiger partial charge in [0.25, 0.3) is 6.43 Å². The maximum Gasteiger partial charge on any atom is 0.408 e. The Labute approximate surface area is 150 Å². The molecule has 1 heterocycles. The molecule has 1 aliphatic carbocycles. The molecular formula is C18H22F2N4O2. The van der Waals surface area contributed by atoms with Gasteiger partial charge < -0.3 is 10.8 Å². The number of alkyl halides is 2. The van der Waals surface area contributed by atoms with Crippen LogP contribution in [0.2, 0.25) is 0 Å². The van der Waals surface area contributed by atoms with Crippen molar-refractivity contribution in [2.45, 2.75) is 51.1 Å². The van der Waals surface area contributed by atoms with Crippen LogP contribution in [-0.2, 0) is 5.54 Å². The molecule has 0 bridgehead atoms. The summed E-state index contributed by atoms with van der Waals surface area (Å²) in [5, 5.41) is 13.5. The number of hydrogen-bond acceptors (Lipinski definition) is 3. The first-order chi connectivity index (χ1) is 12.1. The largest absolute Gasteiger partial charge is 0.465 e. The Balaban J connectivity index is 1.93. The van der Waals surface area contributed by atoms with E-state index in [1.165, 1.54) is 15.8 Å². The summed E-state index contributed by atoms with van der Waals surface area (Å²) < 4.78 is 27.0. The number of nitrogens with zero attached hydrogens (tertiary/aromatic N) is 3. The molecule has 0 atom stereocenters. The Morgan fingerprint density at radius 1 is 1.31 bits per heavy atom. The van der Waals surface area contributed by atoms with Crippen LogP contribution < -0.4 is 5.73 Å². The van der Waals surface area contributed by atoms with Crippen LogP contribution in [-0.4, -0.2) is 31.4 Å². The van der Waals surface area contributed by atoms with Crippen molar-refractivity contribution in [3.63, 3.8) is 0 Å². The van der Waals surface area contributed by atoms with Crippen molar-refractivity contribution in [1.29, 1.82) is 0 Å². The number of rotatable bonds is 4. The molecule has 2 aromatic rings. The zero-order valence-electron chi connectivity index (χ0n) is 14.9. The van der Waals surface area contributed by atoms with Crippen LogP contribution >= 0.6 is 0 Å². The lowest BCUT2D eigenvalue weighted by molar-refractivity contribution is 0.0595. The molecule has 0 radical (unpaired) electrons. The van der Waals surface area contributed by atoms with E-state index in [1.807, 2.05) is 32.9 Å². The van der Waals surface area contributed by atoms with Crippen LogP contribution in [0.3, 0.4) is 0 Å². The minimum Gasteiger partial charge on any atom is -0.465 e. The summed E-state index contributed by atoms with van der Waals surface area (Å²) in [4.78, 5) is 13.3. The third-order valence-corrected chi connectivity index (χ3v) is 4.66. The lowest BCUT2D eigenvalue weighted by Gasteiger charge is -2.40. The van der Waals surface area contributed by atoms with Crippen LogP contribution in [0.25, 0.3) is 5.69 Å². The number of amides is 1. The minimum absolute atomic E-state index is 0.0625. The molecule has 26 heavy (non-hydrogen) atoms. The van der Waals surface area contributed by atoms with Crippen molar-refractivity contribution in [3.05, 3.63) is 41.7 Å². The van der Waals surface area contributed by atoms with Gasteiger partial charge in [-0.15, -0.1) is 0 Å². The van der Waals surface area contributed by atoms with Gasteiger partial charge in [-0.3, -0.25) is 4.90 Å². The van der Waals surface area contributed by atoms with E-state index in [1.54, 1.807) is 12.1 Å². The number of aromatic nitrogens is 2. The summed E-state index contributed by atoms with van der Waals surface area (Å²) in [5.41, 5.74) is 5.45. The van der Waals surface area contributed by atoms with Crippen LogP contribution in [0.1, 0.15) is 51.3 Å². The summed E-state index contributed by atoms with van der Waals surface area (Å²) in [5.74, 6) is 0. The Kier molecular flexibility index (Phi) is 4.17. The number of carboxylic acid groups (broad SMARTS) is 1. The molecule has 0 aliphatic heterocycles. The zero-order valence-corrected chi connectivity index (χ0v) is 14.9. The second-order valence-electron chi connectivity index (χ2n) is 7.58. The van der Waals surface area contributed by atoms with Gasteiger partial charge in [0.2, 0.25) is 0 Å². The van der Waals surface area contributed by atoms with Crippen LogP contribution in [0, 0.1) is 0 Å². The van der Waals surface area contributed by atoms with Crippen molar-refractivity contribution in [3.8, 4) is 5.69 Å². The molecule has 1 aliphatic rings. The molecule has 3 rings (SSSR count). The Bertz CT molecular complexity index is 821. The van der Waals surface area contributed by atoms with Crippen molar-refractivity contribution in [2.24, 2.45) is 0 Å². The highest BCUT2D eigenvalue weighted by molar-refractivity contribution is 5.69. The van der Waals surface area contributed by atoms with Gasteiger partial charge in [0.15, 0.2) is 5.69 Å². The number of benzene rings is 1. The zero-order chi connectivity index (χ0) is 19.3. The van der Waals surface area contributed by atoms with Gasteiger partial charge in [0.1, 0.15) is 0 Å². The van der Waals surface area contributed by atoms with Crippen LogP contribution in [0.5, 0.6) is 0 Å². The predicted octanol–water partition coefficient (Wildman–Crippen LogP) is 4.16. The monoisotopic (exact) mass is 364 g/mol. The highest BCUT2D eigenvalue weighted by atomic mass is 19.3. The molecule has 1 saturated carbocycles. The van der Waals surface area contributed by atoms with Gasteiger partial charge in [-0.1, -0.05) is 12.1 Å². The van der Waals surface area contributed by atoms with Gasteiger partial charge in [0, 0.05) is 5.54 Å². The van der Waals surface area contributed by atoms with Crippen LogP contribution in [0.4, 0.5) is 19.3 Å². The van der Waals surface area contributed by atoms with E-state index < -0.39 is 29.3 Å². The topological polar surface area (TPSA) is 84.4 Å². The van der Waals surface area contributed by atoms with E-state index in [-0.39, 0.29) is 5.69 Å². The fourth-order valence-corrected chi connectivity index (χ4v) is 3.50. The maximum absolute atomic E-state index is 12.8. The third kappa shape index (κ3) is 3.00. The Morgan fingerprint density at radius 3 is 2.27 bits per heavy atom. The molecule has 1 amide bonds. The fraction of sp³-hybridized carbons (Fsp3) is 0.444. The van der Waals surface area contributed by atoms with Gasteiger partial charge in [0.05, 0.1) is 23.1 Å². The molecular weight excluding hydrogens is 342 g/mol. The SMILES string of the molecule is CC(C)(C)N(C(=O)O)C1(c2ccc(-n3cc(N)c(C(F)F)n3)cc2)CC1. The van der Waals surface area contributed by atoms with Crippen molar-refractivity contribution in [2.75, 3.05) is 5.73 Å². The Hall–Kier alpha value is -2.64. The second-order valence-corrected chi connectivity index (χ2v) is 7.58. The molecule has 0 spiro atoms. The van der Waals surface area contributed by atoms with Gasteiger partial charge in [-0.25, -0.2) is 18.3 Å². The molecule has 0 saturated heterocycles. The van der Waals surface area contributed by atoms with E-state index >= 15 is 0 Å². The number of nitrogen functional groups attached to an aromatic ring is 1. The first kappa shape index (κ1) is 18.2. The quantitative estimate of drug-likeness (QED) is 0.853. The van der Waals surface area contributed by atoms with E-state index in [0.717, 1.165) is 18.4 Å². The average Bonchev–Trinajstić information content (AvgIpc) is 3.20. The maximum atomic E-state index is 12.8. The molecule has 1 fully saturated rings. The van der Waals surface area contributed by atoms with E-state index in [0.29, 0.717) is 5.69 Å². The number of carbonyl (C=O) groups is 1. The fourth-order valence-electron chi connectivity index (χ4n) is 3.50. The molecule has 6 nitrogen and oxygen atoms in total. The first-order valence-electron chi connectivity index (χ1n) is 8.33. The number of anilines is 1. The molecule has 140 valence electrons. The standard InChI is InChI=1S/C18H22F2N4O2/c1-17(2,3)24(16(25)26)18(8-9-18)11-4-6-12(7-5-11)23-10-13(21)14(22-23)15(19)20/h4-7,10,15H,8-9,21H2,1-3H3,(H,25,26). The smallest absolute Gasteiger partial charge is 0.408 e. The minimum atomic E-state index is -2.74. The Morgan fingerprint density at radius 2 is 1.88 bits per heavy atom. The number of halogens is 2. The van der Waals surface area contributed by atoms with Gasteiger partial charge >= 0.3 is 6.09 Å². The van der Waals surface area contributed by atoms with Crippen molar-refractivity contribution < 1.29 is 18.7 Å². The van der Waals surface area contributed by atoms with E-state index in [9.17, 15) is 18.7 Å². The molecule has 8 heteroatoms. The summed E-state index contributed by atoms with van der Waals surface area (Å²) in [6.07, 6.45) is -0.843. The number of hydrogen-bond donors (Lipinski definition) is 2. The molecule has 0 unspecified atom stereocenters. The summed E-state index contributed by atoms with van der Waals surface area (Å²) in [6.45, 7) is 5.61. The highest BCUT2D eigenvalue weighted by Gasteiger charge is 2.55.